The Bertz CT molecular complexity index is 805. The average molecular weight is 400 g/mol. The highest BCUT2D eigenvalue weighted by Crippen LogP contribution is 2.20. The smallest absolute Gasteiger partial charge is 0.358 e. The molecule has 1 heterocycles. The van der Waals surface area contributed by atoms with Crippen molar-refractivity contribution in [3.05, 3.63) is 47.8 Å². The quantitative estimate of drug-likeness (QED) is 0.498. The van der Waals surface area contributed by atoms with Crippen LogP contribution in [0.25, 0.3) is 0 Å². The van der Waals surface area contributed by atoms with Crippen molar-refractivity contribution in [2.45, 2.75) is 45.4 Å². The Labute approximate surface area is 171 Å². The fourth-order valence-electron chi connectivity index (χ4n) is 2.80. The molecule has 1 amide bonds. The summed E-state index contributed by atoms with van der Waals surface area (Å²) >= 11 is 0. The minimum absolute atomic E-state index is 0.0311. The van der Waals surface area contributed by atoms with Gasteiger partial charge in [-0.2, -0.15) is 0 Å². The fourth-order valence-corrected chi connectivity index (χ4v) is 2.80. The second-order valence-corrected chi connectivity index (χ2v) is 6.67. The number of nitrogens with zero attached hydrogens (tertiary/aromatic N) is 1. The normalized spacial score (nSPS) is 10.4. The largest absolute Gasteiger partial charge is 0.494 e. The van der Waals surface area contributed by atoms with Gasteiger partial charge in [0.15, 0.2) is 11.4 Å². The highest BCUT2D eigenvalue weighted by Gasteiger charge is 2.16. The van der Waals surface area contributed by atoms with Crippen LogP contribution < -0.4 is 14.8 Å². The summed E-state index contributed by atoms with van der Waals surface area (Å²) in [5, 5.41) is 11.8. The Morgan fingerprint density at radius 1 is 1.07 bits per heavy atom. The lowest BCUT2D eigenvalue weighted by Crippen LogP contribution is -2.14. The van der Waals surface area contributed by atoms with Gasteiger partial charge >= 0.3 is 5.97 Å². The zero-order valence-electron chi connectivity index (χ0n) is 16.9. The number of anilines is 1. The van der Waals surface area contributed by atoms with Gasteiger partial charge in [0.25, 0.3) is 5.91 Å². The van der Waals surface area contributed by atoms with Crippen LogP contribution in [0.1, 0.15) is 66.3 Å². The van der Waals surface area contributed by atoms with E-state index in [4.69, 9.17) is 14.6 Å². The SMILES string of the molecule is CCCCCCCCOc1ccc(NC(=O)c2cnc(C(=O)O)c(OC)c2)cc1. The van der Waals surface area contributed by atoms with E-state index in [9.17, 15) is 9.59 Å². The number of nitrogens with one attached hydrogen (secondary N) is 1. The van der Waals surface area contributed by atoms with Crippen LogP contribution in [0, 0.1) is 0 Å². The van der Waals surface area contributed by atoms with Gasteiger partial charge in [0.1, 0.15) is 5.75 Å². The lowest BCUT2D eigenvalue weighted by atomic mass is 10.1. The lowest BCUT2D eigenvalue weighted by Gasteiger charge is -2.10. The molecule has 0 saturated heterocycles. The van der Waals surface area contributed by atoms with E-state index in [0.29, 0.717) is 12.3 Å². The van der Waals surface area contributed by atoms with Crippen molar-refractivity contribution < 1.29 is 24.2 Å². The van der Waals surface area contributed by atoms with E-state index in [0.717, 1.165) is 12.2 Å². The molecule has 7 nitrogen and oxygen atoms in total. The van der Waals surface area contributed by atoms with Gasteiger partial charge in [-0.05, 0) is 36.8 Å². The van der Waals surface area contributed by atoms with Gasteiger partial charge in [0.2, 0.25) is 0 Å². The Morgan fingerprint density at radius 3 is 2.41 bits per heavy atom. The van der Waals surface area contributed by atoms with Gasteiger partial charge in [-0.1, -0.05) is 39.0 Å². The maximum atomic E-state index is 12.4. The summed E-state index contributed by atoms with van der Waals surface area (Å²) in [4.78, 5) is 27.3. The maximum Gasteiger partial charge on any atom is 0.358 e. The van der Waals surface area contributed by atoms with Crippen molar-refractivity contribution >= 4 is 17.6 Å². The van der Waals surface area contributed by atoms with Crippen molar-refractivity contribution in [2.24, 2.45) is 0 Å². The number of rotatable bonds is 12. The number of carbonyl (C=O) groups is 2. The molecule has 0 fully saturated rings. The van der Waals surface area contributed by atoms with Gasteiger partial charge < -0.3 is 19.9 Å². The molecule has 0 unspecified atom stereocenters. The molecule has 0 radical (unpaired) electrons. The number of unbranched alkanes of at least 4 members (excludes halogenated alkanes) is 5. The molecule has 0 aliphatic rings. The molecule has 29 heavy (non-hydrogen) atoms. The van der Waals surface area contributed by atoms with Crippen LogP contribution in [-0.4, -0.2) is 35.7 Å². The molecule has 0 bridgehead atoms. The average Bonchev–Trinajstić information content (AvgIpc) is 2.73. The number of benzene rings is 1. The van der Waals surface area contributed by atoms with Crippen LogP contribution in [0.4, 0.5) is 5.69 Å². The number of ether oxygens (including phenoxy) is 2. The van der Waals surface area contributed by atoms with Crippen LogP contribution in [-0.2, 0) is 0 Å². The standard InChI is InChI=1S/C22H28N2O5/c1-3-4-5-6-7-8-13-29-18-11-9-17(10-12-18)24-21(25)16-14-19(28-2)20(22(26)27)23-15-16/h9-12,14-15H,3-8,13H2,1-2H3,(H,24,25)(H,26,27). The van der Waals surface area contributed by atoms with E-state index in [1.165, 1.54) is 51.5 Å². The fraction of sp³-hybridized carbons (Fsp3) is 0.409. The van der Waals surface area contributed by atoms with E-state index in [1.54, 1.807) is 24.3 Å². The molecule has 1 aromatic heterocycles. The second-order valence-electron chi connectivity index (χ2n) is 6.67. The first-order valence-corrected chi connectivity index (χ1v) is 9.86. The number of methoxy groups -OCH3 is 1. The summed E-state index contributed by atoms with van der Waals surface area (Å²) in [6.45, 7) is 2.89. The minimum atomic E-state index is -1.22. The van der Waals surface area contributed by atoms with Crippen molar-refractivity contribution in [1.82, 2.24) is 4.98 Å². The van der Waals surface area contributed by atoms with Crippen molar-refractivity contribution in [2.75, 3.05) is 19.0 Å². The molecule has 1 aromatic carbocycles. The van der Waals surface area contributed by atoms with Gasteiger partial charge in [-0.3, -0.25) is 4.79 Å². The van der Waals surface area contributed by atoms with Crippen molar-refractivity contribution in [1.29, 1.82) is 0 Å². The highest BCUT2D eigenvalue weighted by molar-refractivity contribution is 6.04. The predicted octanol–water partition coefficient (Wildman–Crippen LogP) is 4.78. The molecule has 0 saturated carbocycles. The zero-order valence-corrected chi connectivity index (χ0v) is 16.9. The second kappa shape index (κ2) is 11.7. The van der Waals surface area contributed by atoms with Gasteiger partial charge in [0.05, 0.1) is 19.3 Å². The van der Waals surface area contributed by atoms with E-state index in [2.05, 4.69) is 17.2 Å². The predicted molar refractivity (Wildman–Crippen MR) is 111 cm³/mol. The molecule has 7 heteroatoms. The molecule has 0 spiro atoms. The van der Waals surface area contributed by atoms with Gasteiger partial charge in [0, 0.05) is 11.9 Å². The topological polar surface area (TPSA) is 97.8 Å². The molecule has 156 valence electrons. The first-order chi connectivity index (χ1) is 14.0. The van der Waals surface area contributed by atoms with E-state index >= 15 is 0 Å². The summed E-state index contributed by atoms with van der Waals surface area (Å²) in [5.74, 6) is -0.840. The summed E-state index contributed by atoms with van der Waals surface area (Å²) in [6, 6.07) is 8.47. The summed E-state index contributed by atoms with van der Waals surface area (Å²) < 4.78 is 10.7. The number of hydrogen-bond acceptors (Lipinski definition) is 5. The molecular weight excluding hydrogens is 372 g/mol. The Balaban J connectivity index is 1.84. The molecule has 0 atom stereocenters. The van der Waals surface area contributed by atoms with Crippen LogP contribution in [0.2, 0.25) is 0 Å². The van der Waals surface area contributed by atoms with Gasteiger partial charge in [-0.25, -0.2) is 9.78 Å². The number of pyridine rings is 1. The maximum absolute atomic E-state index is 12.4. The number of carboxylic acids is 1. The number of carboxylic acid groups (broad SMARTS) is 1. The van der Waals surface area contributed by atoms with Crippen molar-refractivity contribution in [3.63, 3.8) is 0 Å². The van der Waals surface area contributed by atoms with E-state index < -0.39 is 11.9 Å². The van der Waals surface area contributed by atoms with E-state index in [-0.39, 0.29) is 17.0 Å². The Morgan fingerprint density at radius 2 is 1.76 bits per heavy atom. The number of hydrogen-bond donors (Lipinski definition) is 2. The first-order valence-electron chi connectivity index (χ1n) is 9.86. The van der Waals surface area contributed by atoms with Gasteiger partial charge in [-0.15, -0.1) is 0 Å². The Hall–Kier alpha value is -3.09. The molecule has 0 aliphatic heterocycles. The Kier molecular flexibility index (Phi) is 8.95. The number of aromatic carboxylic acids is 1. The summed E-state index contributed by atoms with van der Waals surface area (Å²) in [7, 11) is 1.33. The van der Waals surface area contributed by atoms with E-state index in [1.807, 2.05) is 0 Å². The van der Waals surface area contributed by atoms with Crippen LogP contribution in [0.3, 0.4) is 0 Å². The molecule has 2 N–H and O–H groups in total. The first kappa shape index (κ1) is 22.2. The van der Waals surface area contributed by atoms with Crippen LogP contribution in [0.15, 0.2) is 36.5 Å². The monoisotopic (exact) mass is 400 g/mol. The zero-order chi connectivity index (χ0) is 21.1. The summed E-state index contributed by atoms with van der Waals surface area (Å²) in [6.07, 6.45) is 8.48. The molecule has 2 rings (SSSR count). The third kappa shape index (κ3) is 7.10. The number of aromatic nitrogens is 1. The van der Waals surface area contributed by atoms with Crippen LogP contribution in [0.5, 0.6) is 11.5 Å². The molecule has 2 aromatic rings. The number of amides is 1. The van der Waals surface area contributed by atoms with Crippen LogP contribution >= 0.6 is 0 Å². The van der Waals surface area contributed by atoms with Crippen molar-refractivity contribution in [3.8, 4) is 11.5 Å². The molecular formula is C22H28N2O5. The third-order valence-electron chi connectivity index (χ3n) is 4.42. The molecule has 0 aliphatic carbocycles. The minimum Gasteiger partial charge on any atom is -0.494 e. The highest BCUT2D eigenvalue weighted by atomic mass is 16.5. The number of carbonyl (C=O) groups excluding carboxylic acids is 1. The summed E-state index contributed by atoms with van der Waals surface area (Å²) in [5.41, 5.74) is 0.564. The lowest BCUT2D eigenvalue weighted by molar-refractivity contribution is 0.0686. The third-order valence-corrected chi connectivity index (χ3v) is 4.42.